The van der Waals surface area contributed by atoms with Crippen LogP contribution in [0.1, 0.15) is 0 Å². The lowest BCUT2D eigenvalue weighted by molar-refractivity contribution is -0.0558. The predicted molar refractivity (Wildman–Crippen MR) is 32.9 cm³/mol. The molecule has 0 aliphatic heterocycles. The fourth-order valence-electron chi connectivity index (χ4n) is 0.211. The summed E-state index contributed by atoms with van der Waals surface area (Å²) < 4.78 is 34.5. The molecule has 0 aromatic rings. The highest BCUT2D eigenvalue weighted by atomic mass is 35.5. The number of alkyl halides is 3. The van der Waals surface area contributed by atoms with Crippen LogP contribution >= 0.6 is 11.6 Å². The molecule has 4 nitrogen and oxygen atoms in total. The van der Waals surface area contributed by atoms with Gasteiger partial charge in [0, 0.05) is 0 Å². The van der Waals surface area contributed by atoms with Crippen molar-refractivity contribution in [1.82, 2.24) is 0 Å². The second kappa shape index (κ2) is 3.99. The summed E-state index contributed by atoms with van der Waals surface area (Å²) in [6.45, 7) is 0. The first-order chi connectivity index (χ1) is 5.38. The van der Waals surface area contributed by atoms with Crippen molar-refractivity contribution >= 4 is 28.9 Å². The standard InChI is InChI=1S/C4ClF3N2O2/c5-2(4(6,7)8)10-3(12)9-1-11/b10-2-. The van der Waals surface area contributed by atoms with Crippen molar-refractivity contribution in [2.24, 2.45) is 9.98 Å². The highest BCUT2D eigenvalue weighted by molar-refractivity contribution is 6.67. The van der Waals surface area contributed by atoms with Crippen molar-refractivity contribution in [1.29, 1.82) is 0 Å². The van der Waals surface area contributed by atoms with Gasteiger partial charge in [0.05, 0.1) is 0 Å². The highest BCUT2D eigenvalue weighted by Gasteiger charge is 2.35. The number of carbonyl (C=O) groups excluding carboxylic acids is 2. The minimum Gasteiger partial charge on any atom is -0.243 e. The first-order valence-electron chi connectivity index (χ1n) is 2.31. The van der Waals surface area contributed by atoms with Gasteiger partial charge in [0.15, 0.2) is 0 Å². The average Bonchev–Trinajstić information content (AvgIpc) is 1.85. The quantitative estimate of drug-likeness (QED) is 0.441. The Morgan fingerprint density at radius 2 is 1.92 bits per heavy atom. The van der Waals surface area contributed by atoms with Gasteiger partial charge in [-0.3, -0.25) is 0 Å². The first-order valence-corrected chi connectivity index (χ1v) is 2.69. The Morgan fingerprint density at radius 1 is 1.42 bits per heavy atom. The lowest BCUT2D eigenvalue weighted by atomic mass is 10.7. The summed E-state index contributed by atoms with van der Waals surface area (Å²) in [5.41, 5.74) is 0. The zero-order valence-electron chi connectivity index (χ0n) is 5.22. The van der Waals surface area contributed by atoms with E-state index in [0.717, 1.165) is 0 Å². The third-order valence-corrected chi connectivity index (χ3v) is 0.868. The molecule has 0 saturated heterocycles. The van der Waals surface area contributed by atoms with Gasteiger partial charge in [-0.1, -0.05) is 11.6 Å². The van der Waals surface area contributed by atoms with Crippen LogP contribution in [0.2, 0.25) is 0 Å². The van der Waals surface area contributed by atoms with Gasteiger partial charge in [-0.2, -0.15) is 18.2 Å². The molecule has 0 atom stereocenters. The third kappa shape index (κ3) is 3.85. The molecule has 0 aromatic heterocycles. The molecule has 8 heteroatoms. The Bertz CT molecular complexity index is 266. The molecule has 0 fully saturated rings. The van der Waals surface area contributed by atoms with Crippen LogP contribution in [0.25, 0.3) is 0 Å². The van der Waals surface area contributed by atoms with E-state index in [4.69, 9.17) is 0 Å². The Balaban J connectivity index is 4.58. The third-order valence-electron chi connectivity index (χ3n) is 0.569. The van der Waals surface area contributed by atoms with E-state index in [1.807, 2.05) is 0 Å². The van der Waals surface area contributed by atoms with Crippen LogP contribution in [0.3, 0.4) is 0 Å². The minimum atomic E-state index is -4.91. The topological polar surface area (TPSA) is 58.9 Å². The molecule has 0 radical (unpaired) electrons. The zero-order chi connectivity index (χ0) is 9.78. The van der Waals surface area contributed by atoms with E-state index < -0.39 is 17.4 Å². The smallest absolute Gasteiger partial charge is 0.243 e. The number of isocyanates is 1. The van der Waals surface area contributed by atoms with Crippen LogP contribution in [-0.4, -0.2) is 23.5 Å². The van der Waals surface area contributed by atoms with Gasteiger partial charge in [-0.05, 0) is 0 Å². The number of hydrogen-bond acceptors (Lipinski definition) is 2. The molecule has 0 aliphatic rings. The number of halogens is 4. The van der Waals surface area contributed by atoms with Gasteiger partial charge >= 0.3 is 12.2 Å². The summed E-state index contributed by atoms with van der Waals surface area (Å²) >= 11 is 4.50. The second-order valence-corrected chi connectivity index (χ2v) is 1.74. The maximum Gasteiger partial charge on any atom is 0.444 e. The lowest BCUT2D eigenvalue weighted by Crippen LogP contribution is -2.18. The van der Waals surface area contributed by atoms with E-state index in [9.17, 15) is 22.8 Å². The number of amides is 2. The molecule has 66 valence electrons. The van der Waals surface area contributed by atoms with E-state index in [1.54, 1.807) is 0 Å². The van der Waals surface area contributed by atoms with E-state index in [0.29, 0.717) is 6.08 Å². The van der Waals surface area contributed by atoms with E-state index >= 15 is 0 Å². The van der Waals surface area contributed by atoms with Gasteiger partial charge in [-0.25, -0.2) is 9.59 Å². The predicted octanol–water partition coefficient (Wildman–Crippen LogP) is 1.64. The summed E-state index contributed by atoms with van der Waals surface area (Å²) in [7, 11) is 0. The van der Waals surface area contributed by atoms with Crippen molar-refractivity contribution in [3.8, 4) is 0 Å². The van der Waals surface area contributed by atoms with Gasteiger partial charge in [0.2, 0.25) is 11.3 Å². The number of aliphatic imine (C=N–C) groups is 2. The van der Waals surface area contributed by atoms with Crippen molar-refractivity contribution in [2.75, 3.05) is 0 Å². The van der Waals surface area contributed by atoms with Gasteiger partial charge < -0.3 is 0 Å². The van der Waals surface area contributed by atoms with Crippen molar-refractivity contribution in [2.45, 2.75) is 6.18 Å². The average molecular weight is 201 g/mol. The summed E-state index contributed by atoms with van der Waals surface area (Å²) in [5, 5.41) is -1.88. The molecular formula is C4ClF3N2O2. The molecule has 0 saturated carbocycles. The molecule has 0 heterocycles. The summed E-state index contributed by atoms with van der Waals surface area (Å²) in [4.78, 5) is 23.9. The van der Waals surface area contributed by atoms with Crippen LogP contribution in [-0.2, 0) is 4.79 Å². The monoisotopic (exact) mass is 200 g/mol. The van der Waals surface area contributed by atoms with Crippen molar-refractivity contribution < 1.29 is 22.8 Å². The number of urea groups is 1. The Kier molecular flexibility index (Phi) is 3.59. The number of hydrogen-bond donors (Lipinski definition) is 0. The van der Waals surface area contributed by atoms with E-state index in [1.165, 1.54) is 0 Å². The highest BCUT2D eigenvalue weighted by Crippen LogP contribution is 2.19. The largest absolute Gasteiger partial charge is 0.444 e. The molecular weight excluding hydrogens is 201 g/mol. The van der Waals surface area contributed by atoms with Gasteiger partial charge in [-0.15, -0.1) is 4.99 Å². The SMILES string of the molecule is O=C=NC(=O)/N=C(\Cl)C(F)(F)F. The Labute approximate surface area is 68.7 Å². The maximum atomic E-state index is 11.5. The molecule has 12 heavy (non-hydrogen) atoms. The van der Waals surface area contributed by atoms with Gasteiger partial charge in [0.1, 0.15) is 0 Å². The van der Waals surface area contributed by atoms with Crippen molar-refractivity contribution in [3.05, 3.63) is 0 Å². The molecule has 0 N–H and O–H groups in total. The second-order valence-electron chi connectivity index (χ2n) is 1.39. The molecule has 0 unspecified atom stereocenters. The normalized spacial score (nSPS) is 12.2. The fraction of sp³-hybridized carbons (Fsp3) is 0.250. The molecule has 2 amide bonds. The molecule has 0 aliphatic carbocycles. The molecule has 0 spiro atoms. The van der Waals surface area contributed by atoms with E-state index in [2.05, 4.69) is 21.6 Å². The molecule has 0 rings (SSSR count). The Hall–Kier alpha value is -1.20. The lowest BCUT2D eigenvalue weighted by Gasteiger charge is -1.99. The summed E-state index contributed by atoms with van der Waals surface area (Å²) in [6, 6.07) is -1.65. The van der Waals surface area contributed by atoms with Crippen LogP contribution in [0, 0.1) is 0 Å². The van der Waals surface area contributed by atoms with Crippen LogP contribution in [0.5, 0.6) is 0 Å². The van der Waals surface area contributed by atoms with Gasteiger partial charge in [0.25, 0.3) is 0 Å². The number of nitrogens with zero attached hydrogens (tertiary/aromatic N) is 2. The Morgan fingerprint density at radius 3 is 2.25 bits per heavy atom. The number of carbonyl (C=O) groups is 1. The minimum absolute atomic E-state index is 0.717. The zero-order valence-corrected chi connectivity index (χ0v) is 5.98. The molecule has 0 bridgehead atoms. The van der Waals surface area contributed by atoms with Crippen LogP contribution in [0.4, 0.5) is 18.0 Å². The summed E-state index contributed by atoms with van der Waals surface area (Å²) in [6.07, 6.45) is -4.19. The van der Waals surface area contributed by atoms with Crippen molar-refractivity contribution in [3.63, 3.8) is 0 Å². The van der Waals surface area contributed by atoms with Crippen LogP contribution < -0.4 is 0 Å². The molecule has 0 aromatic carbocycles. The fourth-order valence-corrected chi connectivity index (χ4v) is 0.284. The first kappa shape index (κ1) is 10.8. The number of rotatable bonds is 0. The van der Waals surface area contributed by atoms with Crippen LogP contribution in [0.15, 0.2) is 9.98 Å². The van der Waals surface area contributed by atoms with E-state index in [-0.39, 0.29) is 0 Å². The summed E-state index contributed by atoms with van der Waals surface area (Å²) in [5.74, 6) is 0. The maximum absolute atomic E-state index is 11.5.